The van der Waals surface area contributed by atoms with E-state index in [1.54, 1.807) is 12.1 Å². The lowest BCUT2D eigenvalue weighted by atomic mass is 9.94. The highest BCUT2D eigenvalue weighted by Crippen LogP contribution is 2.48. The Bertz CT molecular complexity index is 890. The van der Waals surface area contributed by atoms with Crippen molar-refractivity contribution in [2.24, 2.45) is 0 Å². The van der Waals surface area contributed by atoms with E-state index in [4.69, 9.17) is 9.62 Å². The molecule has 0 saturated carbocycles. The lowest BCUT2D eigenvalue weighted by molar-refractivity contribution is -0.214. The zero-order valence-corrected chi connectivity index (χ0v) is 14.6. The number of ether oxygens (including phenoxy) is 1. The Hall–Kier alpha value is -2.90. The first-order valence-corrected chi connectivity index (χ1v) is 8.23. The van der Waals surface area contributed by atoms with Crippen molar-refractivity contribution in [2.45, 2.75) is 32.9 Å². The van der Waals surface area contributed by atoms with Gasteiger partial charge in [-0.15, -0.1) is 0 Å². The average Bonchev–Trinajstić information content (AvgIpc) is 2.61. The van der Waals surface area contributed by atoms with Gasteiger partial charge >= 0.3 is 12.1 Å². The van der Waals surface area contributed by atoms with Crippen LogP contribution in [0.4, 0.5) is 13.2 Å². The van der Waals surface area contributed by atoms with Crippen LogP contribution in [0.5, 0.6) is 17.2 Å². The summed E-state index contributed by atoms with van der Waals surface area (Å²) in [4.78, 5) is 20.2. The van der Waals surface area contributed by atoms with E-state index < -0.39 is 23.5 Å². The van der Waals surface area contributed by atoms with Gasteiger partial charge in [-0.2, -0.15) is 13.2 Å². The monoisotopic (exact) mass is 382 g/mol. The molecule has 0 unspecified atom stereocenters. The van der Waals surface area contributed by atoms with Crippen LogP contribution in [0.1, 0.15) is 30.0 Å². The predicted molar refractivity (Wildman–Crippen MR) is 89.5 cm³/mol. The molecule has 1 aliphatic heterocycles. The Morgan fingerprint density at radius 2 is 2.00 bits per heavy atom. The molecule has 0 radical (unpaired) electrons. The van der Waals surface area contributed by atoms with Gasteiger partial charge in [-0.25, -0.2) is 4.79 Å². The summed E-state index contributed by atoms with van der Waals surface area (Å²) in [7, 11) is 0. The minimum atomic E-state index is -4.78. The second-order valence-electron chi connectivity index (χ2n) is 6.22. The molecule has 27 heavy (non-hydrogen) atoms. The van der Waals surface area contributed by atoms with Crippen molar-refractivity contribution < 1.29 is 37.6 Å². The Morgan fingerprint density at radius 1 is 1.26 bits per heavy atom. The summed E-state index contributed by atoms with van der Waals surface area (Å²) in [5, 5.41) is 10.5. The molecule has 0 aromatic heterocycles. The van der Waals surface area contributed by atoms with E-state index in [1.807, 2.05) is 0 Å². The van der Waals surface area contributed by atoms with Crippen molar-refractivity contribution >= 4 is 5.97 Å². The summed E-state index contributed by atoms with van der Waals surface area (Å²) >= 11 is 0. The highest BCUT2D eigenvalue weighted by atomic mass is 19.4. The molecule has 0 saturated heterocycles. The van der Waals surface area contributed by atoms with Crippen LogP contribution in [0.3, 0.4) is 0 Å². The molecule has 1 aliphatic rings. The average molecular weight is 382 g/mol. The molecule has 3 rings (SSSR count). The SMILES string of the molecule is CC(=O)OOc1c(C(F)(F)F)cc(C)c(O)c1-c1ccc2c(c1)CCCO2. The molecular formula is C19H17F3O5. The van der Waals surface area contributed by atoms with Crippen molar-refractivity contribution in [3.8, 4) is 28.4 Å². The fraction of sp³-hybridized carbons (Fsp3) is 0.316. The molecule has 8 heteroatoms. The Morgan fingerprint density at radius 3 is 2.67 bits per heavy atom. The highest BCUT2D eigenvalue weighted by Gasteiger charge is 2.38. The first-order valence-electron chi connectivity index (χ1n) is 8.23. The number of phenolic OH excluding ortho intramolecular Hbond substituents is 1. The highest BCUT2D eigenvalue weighted by molar-refractivity contribution is 5.81. The third kappa shape index (κ3) is 3.79. The number of rotatable bonds is 3. The van der Waals surface area contributed by atoms with Crippen molar-refractivity contribution in [3.05, 3.63) is 41.0 Å². The number of aromatic hydroxyl groups is 1. The fourth-order valence-corrected chi connectivity index (χ4v) is 2.97. The van der Waals surface area contributed by atoms with Gasteiger partial charge in [0.25, 0.3) is 0 Å². The molecule has 0 spiro atoms. The molecule has 2 aromatic rings. The number of fused-ring (bicyclic) bond motifs is 1. The van der Waals surface area contributed by atoms with Crippen molar-refractivity contribution in [1.82, 2.24) is 0 Å². The maximum absolute atomic E-state index is 13.5. The molecule has 0 atom stereocenters. The van der Waals surface area contributed by atoms with Crippen molar-refractivity contribution in [1.29, 1.82) is 0 Å². The standard InChI is InChI=1S/C19H17F3O5/c1-10-8-14(19(20,21)22)18(27-26-11(2)23)16(17(10)24)13-5-6-15-12(9-13)4-3-7-25-15/h5-6,8-9,24H,3-4,7H2,1-2H3. The predicted octanol–water partition coefficient (Wildman–Crippen LogP) is 4.57. The molecule has 0 aliphatic carbocycles. The summed E-state index contributed by atoms with van der Waals surface area (Å²) in [5.74, 6) is -1.43. The first-order chi connectivity index (χ1) is 12.7. The number of aryl methyl sites for hydroxylation is 2. The van der Waals surface area contributed by atoms with Crippen LogP contribution >= 0.6 is 0 Å². The summed E-state index contributed by atoms with van der Waals surface area (Å²) < 4.78 is 46.1. The van der Waals surface area contributed by atoms with E-state index >= 15 is 0 Å². The van der Waals surface area contributed by atoms with E-state index in [0.717, 1.165) is 25.0 Å². The van der Waals surface area contributed by atoms with Crippen molar-refractivity contribution in [2.75, 3.05) is 6.61 Å². The van der Waals surface area contributed by atoms with Gasteiger partial charge in [0, 0.05) is 6.92 Å². The maximum atomic E-state index is 13.5. The number of benzene rings is 2. The van der Waals surface area contributed by atoms with Crippen molar-refractivity contribution in [3.63, 3.8) is 0 Å². The van der Waals surface area contributed by atoms with Crippen LogP contribution in [0, 0.1) is 6.92 Å². The third-order valence-corrected chi connectivity index (χ3v) is 4.19. The van der Waals surface area contributed by atoms with Gasteiger partial charge in [-0.05, 0) is 54.7 Å². The van der Waals surface area contributed by atoms with Gasteiger partial charge < -0.3 is 9.84 Å². The van der Waals surface area contributed by atoms with E-state index in [1.165, 1.54) is 13.0 Å². The minimum absolute atomic E-state index is 0.0153. The first kappa shape index (κ1) is 18.9. The lowest BCUT2D eigenvalue weighted by Gasteiger charge is -2.21. The van der Waals surface area contributed by atoms with Crippen LogP contribution in [0.15, 0.2) is 24.3 Å². The van der Waals surface area contributed by atoms with Gasteiger partial charge in [-0.1, -0.05) is 6.07 Å². The number of alkyl halides is 3. The Labute approximate surface area is 153 Å². The third-order valence-electron chi connectivity index (χ3n) is 4.19. The molecule has 144 valence electrons. The number of hydrogen-bond donors (Lipinski definition) is 1. The second-order valence-corrected chi connectivity index (χ2v) is 6.22. The quantitative estimate of drug-likeness (QED) is 0.622. The molecule has 0 fully saturated rings. The molecule has 0 bridgehead atoms. The van der Waals surface area contributed by atoms with Crippen LogP contribution in [-0.4, -0.2) is 17.7 Å². The molecule has 1 heterocycles. The van der Waals surface area contributed by atoms with Gasteiger partial charge in [0.1, 0.15) is 17.1 Å². The van der Waals surface area contributed by atoms with E-state index in [-0.39, 0.29) is 16.9 Å². The van der Waals surface area contributed by atoms with Crippen LogP contribution < -0.4 is 9.62 Å². The van der Waals surface area contributed by atoms with Gasteiger partial charge in [0.05, 0.1) is 12.2 Å². The van der Waals surface area contributed by atoms with E-state index in [0.29, 0.717) is 24.3 Å². The van der Waals surface area contributed by atoms with Crippen LogP contribution in [0.2, 0.25) is 0 Å². The van der Waals surface area contributed by atoms with Gasteiger partial charge in [-0.3, -0.25) is 9.78 Å². The van der Waals surface area contributed by atoms with Gasteiger partial charge in [0.15, 0.2) is 0 Å². The zero-order valence-electron chi connectivity index (χ0n) is 14.6. The smallest absolute Gasteiger partial charge is 0.420 e. The number of phenols is 1. The zero-order chi connectivity index (χ0) is 19.8. The maximum Gasteiger partial charge on any atom is 0.420 e. The molecule has 5 nitrogen and oxygen atoms in total. The lowest BCUT2D eigenvalue weighted by Crippen LogP contribution is -2.13. The fourth-order valence-electron chi connectivity index (χ4n) is 2.97. The number of carbonyl (C=O) groups excluding carboxylic acids is 1. The molecule has 0 amide bonds. The Kier molecular flexibility index (Phi) is 4.91. The summed E-state index contributed by atoms with van der Waals surface area (Å²) in [5.41, 5.74) is -0.221. The summed E-state index contributed by atoms with van der Waals surface area (Å²) in [6.45, 7) is 2.92. The normalized spacial score (nSPS) is 13.5. The molecular weight excluding hydrogens is 365 g/mol. The largest absolute Gasteiger partial charge is 0.507 e. The number of carbonyl (C=O) groups is 1. The number of hydrogen-bond acceptors (Lipinski definition) is 5. The van der Waals surface area contributed by atoms with E-state index in [2.05, 4.69) is 4.89 Å². The topological polar surface area (TPSA) is 65.0 Å². The number of halogens is 3. The van der Waals surface area contributed by atoms with E-state index in [9.17, 15) is 23.1 Å². The summed E-state index contributed by atoms with van der Waals surface area (Å²) in [6.07, 6.45) is -3.30. The Balaban J connectivity index is 2.23. The minimum Gasteiger partial charge on any atom is -0.507 e. The molecule has 1 N–H and O–H groups in total. The summed E-state index contributed by atoms with van der Waals surface area (Å²) in [6, 6.07) is 5.55. The second kappa shape index (κ2) is 7.02. The molecule has 2 aromatic carbocycles. The van der Waals surface area contributed by atoms with Gasteiger partial charge in [0.2, 0.25) is 5.75 Å². The van der Waals surface area contributed by atoms with Crippen LogP contribution in [0.25, 0.3) is 11.1 Å². The van der Waals surface area contributed by atoms with Crippen LogP contribution in [-0.2, 0) is 22.3 Å².